The monoisotopic (exact) mass is 451 g/mol. The van der Waals surface area contributed by atoms with E-state index in [1.165, 1.54) is 0 Å². The molecule has 1 aromatic carbocycles. The molecular weight excluding hydrogens is 426 g/mol. The van der Waals surface area contributed by atoms with Gasteiger partial charge in [-0.1, -0.05) is 18.5 Å². The maximum absolute atomic E-state index is 12.4. The van der Waals surface area contributed by atoms with Gasteiger partial charge in [-0.05, 0) is 44.4 Å². The van der Waals surface area contributed by atoms with Crippen molar-refractivity contribution in [2.75, 3.05) is 18.0 Å². The van der Waals surface area contributed by atoms with Crippen molar-refractivity contribution in [3.63, 3.8) is 0 Å². The molecule has 0 saturated carbocycles. The molecule has 1 unspecified atom stereocenters. The molecular formula is C23H26ClN7O. The standard InChI is InChI=1S/C23H26ClN7O/c1-12(2)28-23(32)14-4-5-17-18(8-14)30-20(29-17)15-6-7-31(10-13(15)3)22-19-16(24)9-25-21(19)26-11-27-22/h4-5,8-9,11-13,15H,6-7,10H2,1-3H3,(H,28,32)(H,29,30)(H,25,26,27)/t13-,15?/m0/s1. The van der Waals surface area contributed by atoms with E-state index >= 15 is 0 Å². The average Bonchev–Trinajstić information content (AvgIpc) is 3.36. The van der Waals surface area contributed by atoms with Gasteiger partial charge in [-0.25, -0.2) is 15.0 Å². The normalized spacial score (nSPS) is 19.2. The summed E-state index contributed by atoms with van der Waals surface area (Å²) in [7, 11) is 0. The number of carbonyl (C=O) groups is 1. The minimum atomic E-state index is -0.0762. The molecule has 1 aliphatic rings. The molecule has 1 aliphatic heterocycles. The Morgan fingerprint density at radius 1 is 1.31 bits per heavy atom. The Morgan fingerprint density at radius 3 is 2.94 bits per heavy atom. The second-order valence-corrected chi connectivity index (χ2v) is 9.27. The number of benzene rings is 1. The summed E-state index contributed by atoms with van der Waals surface area (Å²) in [6, 6.07) is 5.73. The third-order valence-electron chi connectivity index (χ3n) is 6.14. The molecule has 1 saturated heterocycles. The summed E-state index contributed by atoms with van der Waals surface area (Å²) in [6.07, 6.45) is 4.27. The van der Waals surface area contributed by atoms with Crippen LogP contribution in [0.4, 0.5) is 5.82 Å². The molecule has 0 bridgehead atoms. The zero-order valence-corrected chi connectivity index (χ0v) is 19.1. The number of carbonyl (C=O) groups excluding carboxylic acids is 1. The maximum Gasteiger partial charge on any atom is 0.251 e. The molecule has 0 aliphatic carbocycles. The molecule has 166 valence electrons. The smallest absolute Gasteiger partial charge is 0.251 e. The Hall–Kier alpha value is -3.13. The number of aromatic nitrogens is 5. The molecule has 5 rings (SSSR count). The van der Waals surface area contributed by atoms with E-state index < -0.39 is 0 Å². The molecule has 3 aromatic heterocycles. The van der Waals surface area contributed by atoms with Crippen LogP contribution in [-0.2, 0) is 0 Å². The number of nitrogens with zero attached hydrogens (tertiary/aromatic N) is 4. The zero-order valence-electron chi connectivity index (χ0n) is 18.3. The first-order chi connectivity index (χ1) is 15.4. The van der Waals surface area contributed by atoms with Gasteiger partial charge in [-0.3, -0.25) is 4.79 Å². The Labute approximate surface area is 190 Å². The highest BCUT2D eigenvalue weighted by atomic mass is 35.5. The summed E-state index contributed by atoms with van der Waals surface area (Å²) in [5, 5.41) is 4.44. The van der Waals surface area contributed by atoms with Crippen LogP contribution in [0, 0.1) is 5.92 Å². The quantitative estimate of drug-likeness (QED) is 0.430. The third kappa shape index (κ3) is 3.68. The molecule has 32 heavy (non-hydrogen) atoms. The molecule has 1 fully saturated rings. The van der Waals surface area contributed by atoms with Crippen LogP contribution in [0.2, 0.25) is 5.02 Å². The lowest BCUT2D eigenvalue weighted by Crippen LogP contribution is -2.39. The molecule has 3 N–H and O–H groups in total. The van der Waals surface area contributed by atoms with Crippen LogP contribution < -0.4 is 10.2 Å². The van der Waals surface area contributed by atoms with Crippen molar-refractivity contribution in [3.05, 3.63) is 47.1 Å². The van der Waals surface area contributed by atoms with E-state index in [0.29, 0.717) is 22.4 Å². The highest BCUT2D eigenvalue weighted by Crippen LogP contribution is 2.37. The van der Waals surface area contributed by atoms with E-state index in [-0.39, 0.29) is 11.9 Å². The van der Waals surface area contributed by atoms with Crippen molar-refractivity contribution < 1.29 is 4.79 Å². The fourth-order valence-corrected chi connectivity index (χ4v) is 4.81. The fourth-order valence-electron chi connectivity index (χ4n) is 4.58. The van der Waals surface area contributed by atoms with Gasteiger partial charge in [0.1, 0.15) is 23.6 Å². The summed E-state index contributed by atoms with van der Waals surface area (Å²) < 4.78 is 0. The van der Waals surface area contributed by atoms with E-state index in [4.69, 9.17) is 16.6 Å². The number of H-pyrrole nitrogens is 2. The molecule has 4 aromatic rings. The highest BCUT2D eigenvalue weighted by Gasteiger charge is 2.31. The van der Waals surface area contributed by atoms with Crippen LogP contribution >= 0.6 is 11.6 Å². The Morgan fingerprint density at radius 2 is 2.16 bits per heavy atom. The van der Waals surface area contributed by atoms with Crippen LogP contribution in [0.25, 0.3) is 22.1 Å². The lowest BCUT2D eigenvalue weighted by molar-refractivity contribution is 0.0943. The number of rotatable bonds is 4. The van der Waals surface area contributed by atoms with E-state index in [0.717, 1.165) is 53.2 Å². The number of piperidine rings is 1. The number of anilines is 1. The largest absolute Gasteiger partial charge is 0.356 e. The molecule has 1 amide bonds. The van der Waals surface area contributed by atoms with Crippen molar-refractivity contribution in [1.82, 2.24) is 30.2 Å². The van der Waals surface area contributed by atoms with Gasteiger partial charge in [0.25, 0.3) is 5.91 Å². The second-order valence-electron chi connectivity index (χ2n) is 8.86. The average molecular weight is 452 g/mol. The maximum atomic E-state index is 12.4. The van der Waals surface area contributed by atoms with E-state index in [2.05, 4.69) is 37.1 Å². The van der Waals surface area contributed by atoms with Crippen LogP contribution in [0.15, 0.2) is 30.7 Å². The number of halogens is 1. The zero-order chi connectivity index (χ0) is 22.4. The summed E-state index contributed by atoms with van der Waals surface area (Å²) >= 11 is 6.38. The van der Waals surface area contributed by atoms with Crippen LogP contribution in [0.1, 0.15) is 49.3 Å². The first-order valence-corrected chi connectivity index (χ1v) is 11.3. The van der Waals surface area contributed by atoms with E-state index in [1.807, 2.05) is 32.0 Å². The SMILES string of the molecule is CC(C)NC(=O)c1ccc2[nH]c(C3CCN(c4ncnc5[nH]cc(Cl)c45)C[C@@H]3C)nc2c1. The topological polar surface area (TPSA) is 103 Å². The third-order valence-corrected chi connectivity index (χ3v) is 6.44. The number of hydrogen-bond acceptors (Lipinski definition) is 5. The van der Waals surface area contributed by atoms with Gasteiger partial charge in [0.05, 0.1) is 21.4 Å². The van der Waals surface area contributed by atoms with Gasteiger partial charge in [0, 0.05) is 36.8 Å². The predicted molar refractivity (Wildman–Crippen MR) is 126 cm³/mol. The van der Waals surface area contributed by atoms with Gasteiger partial charge in [-0.15, -0.1) is 0 Å². The number of amides is 1. The van der Waals surface area contributed by atoms with E-state index in [9.17, 15) is 4.79 Å². The minimum Gasteiger partial charge on any atom is -0.356 e. The van der Waals surface area contributed by atoms with Crippen molar-refractivity contribution in [3.8, 4) is 0 Å². The highest BCUT2D eigenvalue weighted by molar-refractivity contribution is 6.36. The molecule has 0 radical (unpaired) electrons. The Kier molecular flexibility index (Phi) is 5.25. The number of fused-ring (bicyclic) bond motifs is 2. The summed E-state index contributed by atoms with van der Waals surface area (Å²) in [5.41, 5.74) is 3.16. The Bertz CT molecular complexity index is 1290. The first-order valence-electron chi connectivity index (χ1n) is 10.9. The van der Waals surface area contributed by atoms with Gasteiger partial charge in [0.2, 0.25) is 0 Å². The van der Waals surface area contributed by atoms with Crippen molar-refractivity contribution in [2.24, 2.45) is 5.92 Å². The van der Waals surface area contributed by atoms with Crippen LogP contribution in [-0.4, -0.2) is 50.0 Å². The molecule has 8 nitrogen and oxygen atoms in total. The number of imidazole rings is 1. The predicted octanol–water partition coefficient (Wildman–Crippen LogP) is 4.26. The van der Waals surface area contributed by atoms with Crippen molar-refractivity contribution >= 4 is 45.4 Å². The Balaban J connectivity index is 1.37. The fraction of sp³-hybridized carbons (Fsp3) is 0.391. The summed E-state index contributed by atoms with van der Waals surface area (Å²) in [5.74, 6) is 2.42. The van der Waals surface area contributed by atoms with Crippen molar-refractivity contribution in [1.29, 1.82) is 0 Å². The van der Waals surface area contributed by atoms with Gasteiger partial charge >= 0.3 is 0 Å². The number of aromatic amines is 2. The lowest BCUT2D eigenvalue weighted by Gasteiger charge is -2.37. The van der Waals surface area contributed by atoms with Gasteiger partial charge in [-0.2, -0.15) is 0 Å². The molecule has 9 heteroatoms. The molecule has 4 heterocycles. The van der Waals surface area contributed by atoms with E-state index in [1.54, 1.807) is 12.5 Å². The summed E-state index contributed by atoms with van der Waals surface area (Å²) in [6.45, 7) is 7.84. The first kappa shape index (κ1) is 20.8. The summed E-state index contributed by atoms with van der Waals surface area (Å²) in [4.78, 5) is 34.9. The minimum absolute atomic E-state index is 0.0762. The lowest BCUT2D eigenvalue weighted by atomic mass is 9.86. The number of hydrogen-bond donors (Lipinski definition) is 3. The number of nitrogens with one attached hydrogen (secondary N) is 3. The van der Waals surface area contributed by atoms with Gasteiger partial charge < -0.3 is 20.2 Å². The molecule has 0 spiro atoms. The van der Waals surface area contributed by atoms with Crippen LogP contribution in [0.3, 0.4) is 0 Å². The molecule has 2 atom stereocenters. The van der Waals surface area contributed by atoms with Crippen molar-refractivity contribution in [2.45, 2.75) is 39.2 Å². The van der Waals surface area contributed by atoms with Crippen LogP contribution in [0.5, 0.6) is 0 Å². The second kappa shape index (κ2) is 8.09. The van der Waals surface area contributed by atoms with Gasteiger partial charge in [0.15, 0.2) is 0 Å².